The Balaban J connectivity index is 2.08. The Hall–Kier alpha value is -2.41. The van der Waals surface area contributed by atoms with Gasteiger partial charge in [0.15, 0.2) is 5.11 Å². The van der Waals surface area contributed by atoms with Crippen molar-refractivity contribution in [2.45, 2.75) is 32.4 Å². The molecule has 1 amide bonds. The number of carbonyl (C=O) groups is 1. The van der Waals surface area contributed by atoms with Gasteiger partial charge in [-0.3, -0.25) is 10.1 Å². The molecule has 0 bridgehead atoms. The standard InChI is InChI=1S/C19H19F3N2OS/c1-18(2,3)13-10-8-12(9-11-13)16(25)24-17(26)23-15-7-5-4-6-14(15)19(20,21)22/h4-11H,1-3H3,(H2,23,24,25,26). The Bertz CT molecular complexity index is 809. The summed E-state index contributed by atoms with van der Waals surface area (Å²) in [4.78, 5) is 12.2. The van der Waals surface area contributed by atoms with Gasteiger partial charge >= 0.3 is 6.18 Å². The molecule has 2 rings (SSSR count). The van der Waals surface area contributed by atoms with E-state index in [1.807, 2.05) is 12.1 Å². The third kappa shape index (κ3) is 5.05. The highest BCUT2D eigenvalue weighted by Gasteiger charge is 2.33. The van der Waals surface area contributed by atoms with Gasteiger partial charge < -0.3 is 5.32 Å². The number of anilines is 1. The second-order valence-electron chi connectivity index (χ2n) is 6.78. The van der Waals surface area contributed by atoms with Crippen LogP contribution in [0, 0.1) is 0 Å². The second kappa shape index (κ2) is 7.45. The van der Waals surface area contributed by atoms with Crippen molar-refractivity contribution in [1.29, 1.82) is 0 Å². The number of nitrogens with one attached hydrogen (secondary N) is 2. The lowest BCUT2D eigenvalue weighted by molar-refractivity contribution is -0.136. The molecule has 0 aliphatic carbocycles. The molecule has 0 saturated carbocycles. The zero-order valence-electron chi connectivity index (χ0n) is 14.6. The molecule has 2 aromatic rings. The van der Waals surface area contributed by atoms with Crippen LogP contribution in [0.2, 0.25) is 0 Å². The van der Waals surface area contributed by atoms with Gasteiger partial charge in [-0.05, 0) is 47.5 Å². The minimum Gasteiger partial charge on any atom is -0.332 e. The van der Waals surface area contributed by atoms with Crippen molar-refractivity contribution >= 4 is 28.9 Å². The SMILES string of the molecule is CC(C)(C)c1ccc(C(=O)NC(=S)Nc2ccccc2C(F)(F)F)cc1. The second-order valence-corrected chi connectivity index (χ2v) is 7.19. The predicted molar refractivity (Wildman–Crippen MR) is 100 cm³/mol. The van der Waals surface area contributed by atoms with Crippen LogP contribution < -0.4 is 10.6 Å². The average molecular weight is 380 g/mol. The number of halogens is 3. The van der Waals surface area contributed by atoms with Crippen LogP contribution in [0.3, 0.4) is 0 Å². The van der Waals surface area contributed by atoms with E-state index >= 15 is 0 Å². The van der Waals surface area contributed by atoms with Crippen LogP contribution in [-0.4, -0.2) is 11.0 Å². The van der Waals surface area contributed by atoms with Crippen LogP contribution in [0.1, 0.15) is 42.3 Å². The van der Waals surface area contributed by atoms with E-state index in [1.54, 1.807) is 12.1 Å². The summed E-state index contributed by atoms with van der Waals surface area (Å²) in [5, 5.41) is 4.63. The zero-order chi connectivity index (χ0) is 19.5. The average Bonchev–Trinajstić information content (AvgIpc) is 2.53. The molecule has 0 atom stereocenters. The van der Waals surface area contributed by atoms with Crippen molar-refractivity contribution in [2.24, 2.45) is 0 Å². The first-order chi connectivity index (χ1) is 12.0. The van der Waals surface area contributed by atoms with Gasteiger partial charge in [-0.15, -0.1) is 0 Å². The Morgan fingerprint density at radius 1 is 0.962 bits per heavy atom. The van der Waals surface area contributed by atoms with Gasteiger partial charge in [0.2, 0.25) is 0 Å². The summed E-state index contributed by atoms with van der Waals surface area (Å²) in [6.07, 6.45) is -4.52. The number of thiocarbonyl (C=S) groups is 1. The number of hydrogen-bond donors (Lipinski definition) is 2. The van der Waals surface area contributed by atoms with Gasteiger partial charge in [0, 0.05) is 5.56 Å². The van der Waals surface area contributed by atoms with Crippen molar-refractivity contribution in [3.63, 3.8) is 0 Å². The largest absolute Gasteiger partial charge is 0.418 e. The maximum Gasteiger partial charge on any atom is 0.418 e. The Kier molecular flexibility index (Phi) is 5.71. The normalized spacial score (nSPS) is 11.8. The van der Waals surface area contributed by atoms with E-state index in [2.05, 4.69) is 31.4 Å². The van der Waals surface area contributed by atoms with E-state index in [0.29, 0.717) is 5.56 Å². The van der Waals surface area contributed by atoms with Crippen LogP contribution in [0.4, 0.5) is 18.9 Å². The van der Waals surface area contributed by atoms with Crippen LogP contribution in [-0.2, 0) is 11.6 Å². The van der Waals surface area contributed by atoms with Gasteiger partial charge in [0.1, 0.15) is 0 Å². The van der Waals surface area contributed by atoms with Gasteiger partial charge in [0.05, 0.1) is 11.3 Å². The van der Waals surface area contributed by atoms with Crippen LogP contribution in [0.15, 0.2) is 48.5 Å². The number of carbonyl (C=O) groups excluding carboxylic acids is 1. The molecule has 0 spiro atoms. The van der Waals surface area contributed by atoms with Crippen molar-refractivity contribution in [2.75, 3.05) is 5.32 Å². The Morgan fingerprint density at radius 2 is 1.54 bits per heavy atom. The minimum atomic E-state index is -4.52. The first-order valence-electron chi connectivity index (χ1n) is 7.87. The fraction of sp³-hybridized carbons (Fsp3) is 0.263. The lowest BCUT2D eigenvalue weighted by Crippen LogP contribution is -2.34. The molecule has 0 heterocycles. The van der Waals surface area contributed by atoms with Gasteiger partial charge in [-0.1, -0.05) is 45.0 Å². The lowest BCUT2D eigenvalue weighted by Gasteiger charge is -2.19. The van der Waals surface area contributed by atoms with E-state index in [-0.39, 0.29) is 16.2 Å². The van der Waals surface area contributed by atoms with Gasteiger partial charge in [0.25, 0.3) is 5.91 Å². The summed E-state index contributed by atoms with van der Waals surface area (Å²) in [5.41, 5.74) is 0.312. The molecule has 0 radical (unpaired) electrons. The van der Waals surface area contributed by atoms with Crippen molar-refractivity contribution in [1.82, 2.24) is 5.32 Å². The highest BCUT2D eigenvalue weighted by Crippen LogP contribution is 2.34. The number of alkyl halides is 3. The molecule has 0 aliphatic rings. The minimum absolute atomic E-state index is 0.0484. The van der Waals surface area contributed by atoms with Gasteiger partial charge in [-0.2, -0.15) is 13.2 Å². The molecule has 0 aromatic heterocycles. The maximum absolute atomic E-state index is 13.0. The lowest BCUT2D eigenvalue weighted by atomic mass is 9.87. The Morgan fingerprint density at radius 3 is 2.08 bits per heavy atom. The predicted octanol–water partition coefficient (Wildman–Crippen LogP) is 5.13. The van der Waals surface area contributed by atoms with Crippen molar-refractivity contribution < 1.29 is 18.0 Å². The summed E-state index contributed by atoms with van der Waals surface area (Å²) in [7, 11) is 0. The highest BCUT2D eigenvalue weighted by molar-refractivity contribution is 7.80. The quantitative estimate of drug-likeness (QED) is 0.710. The number of hydrogen-bond acceptors (Lipinski definition) is 2. The number of para-hydroxylation sites is 1. The van der Waals surface area contributed by atoms with E-state index in [4.69, 9.17) is 12.2 Å². The summed E-state index contributed by atoms with van der Waals surface area (Å²) in [6, 6.07) is 11.9. The van der Waals surface area contributed by atoms with E-state index in [1.165, 1.54) is 18.2 Å². The molecule has 0 fully saturated rings. The molecule has 0 aliphatic heterocycles. The topological polar surface area (TPSA) is 41.1 Å². The van der Waals surface area contributed by atoms with E-state index in [0.717, 1.165) is 11.6 Å². The summed E-state index contributed by atoms with van der Waals surface area (Å²) < 4.78 is 39.0. The molecule has 3 nitrogen and oxygen atoms in total. The Labute approximate surface area is 155 Å². The smallest absolute Gasteiger partial charge is 0.332 e. The summed E-state index contributed by atoms with van der Waals surface area (Å²) >= 11 is 4.97. The molecular formula is C19H19F3N2OS. The fourth-order valence-corrected chi connectivity index (χ4v) is 2.49. The summed E-state index contributed by atoms with van der Waals surface area (Å²) in [6.45, 7) is 6.16. The number of rotatable bonds is 2. The van der Waals surface area contributed by atoms with Gasteiger partial charge in [-0.25, -0.2) is 0 Å². The van der Waals surface area contributed by atoms with Crippen LogP contribution >= 0.6 is 12.2 Å². The first-order valence-corrected chi connectivity index (χ1v) is 8.28. The molecule has 26 heavy (non-hydrogen) atoms. The molecule has 2 N–H and O–H groups in total. The maximum atomic E-state index is 13.0. The number of amides is 1. The molecule has 0 saturated heterocycles. The highest BCUT2D eigenvalue weighted by atomic mass is 32.1. The molecular weight excluding hydrogens is 361 g/mol. The summed E-state index contributed by atoms with van der Waals surface area (Å²) in [5.74, 6) is -0.493. The van der Waals surface area contributed by atoms with Crippen molar-refractivity contribution in [3.05, 3.63) is 65.2 Å². The van der Waals surface area contributed by atoms with Crippen molar-refractivity contribution in [3.8, 4) is 0 Å². The van der Waals surface area contributed by atoms with E-state index < -0.39 is 17.6 Å². The monoisotopic (exact) mass is 380 g/mol. The molecule has 0 unspecified atom stereocenters. The zero-order valence-corrected chi connectivity index (χ0v) is 15.4. The third-order valence-corrected chi connectivity index (χ3v) is 3.92. The van der Waals surface area contributed by atoms with E-state index in [9.17, 15) is 18.0 Å². The fourth-order valence-electron chi connectivity index (χ4n) is 2.29. The van der Waals surface area contributed by atoms with Crippen LogP contribution in [0.5, 0.6) is 0 Å². The van der Waals surface area contributed by atoms with Crippen LogP contribution in [0.25, 0.3) is 0 Å². The third-order valence-electron chi connectivity index (χ3n) is 3.72. The first kappa shape index (κ1) is 19.9. The molecule has 2 aromatic carbocycles. The molecule has 7 heteroatoms. The molecule has 138 valence electrons. The number of benzene rings is 2.